The molecule has 0 saturated carbocycles. The number of carbonyl (C=O) groups excluding carboxylic acids is 1. The third kappa shape index (κ3) is 2.70. The molecule has 6 nitrogen and oxygen atoms in total. The van der Waals surface area contributed by atoms with Crippen LogP contribution in [-0.4, -0.2) is 36.2 Å². The maximum atomic E-state index is 11.8. The van der Waals surface area contributed by atoms with Crippen LogP contribution in [0.15, 0.2) is 16.5 Å². The summed E-state index contributed by atoms with van der Waals surface area (Å²) >= 11 is 0. The second-order valence-corrected chi connectivity index (χ2v) is 4.35. The minimum atomic E-state index is -1.19. The van der Waals surface area contributed by atoms with Crippen molar-refractivity contribution in [1.29, 1.82) is 0 Å². The van der Waals surface area contributed by atoms with Gasteiger partial charge in [0.1, 0.15) is 0 Å². The molecule has 0 aliphatic carbocycles. The predicted molar refractivity (Wildman–Crippen MR) is 61.5 cm³/mol. The van der Waals surface area contributed by atoms with Crippen molar-refractivity contribution < 1.29 is 23.8 Å². The minimum Gasteiger partial charge on any atom is -0.475 e. The van der Waals surface area contributed by atoms with Crippen LogP contribution in [0.25, 0.3) is 0 Å². The van der Waals surface area contributed by atoms with Gasteiger partial charge in [0.15, 0.2) is 5.76 Å². The summed E-state index contributed by atoms with van der Waals surface area (Å²) in [6.45, 7) is 3.26. The predicted octanol–water partition coefficient (Wildman–Crippen LogP) is 1.13. The first-order chi connectivity index (χ1) is 8.58. The van der Waals surface area contributed by atoms with Crippen LogP contribution >= 0.6 is 0 Å². The zero-order valence-electron chi connectivity index (χ0n) is 10.0. The fraction of sp³-hybridized carbons (Fsp3) is 0.500. The maximum Gasteiger partial charge on any atom is 0.371 e. The van der Waals surface area contributed by atoms with E-state index in [0.717, 1.165) is 13.0 Å². The summed E-state index contributed by atoms with van der Waals surface area (Å²) in [4.78, 5) is 22.4. The van der Waals surface area contributed by atoms with Crippen molar-refractivity contribution in [3.63, 3.8) is 0 Å². The molecule has 2 heterocycles. The quantitative estimate of drug-likeness (QED) is 0.839. The van der Waals surface area contributed by atoms with Crippen LogP contribution in [0.4, 0.5) is 0 Å². The molecule has 2 unspecified atom stereocenters. The van der Waals surface area contributed by atoms with E-state index in [9.17, 15) is 9.59 Å². The maximum absolute atomic E-state index is 11.8. The number of aromatic carboxylic acids is 1. The highest BCUT2D eigenvalue weighted by molar-refractivity contribution is 5.93. The lowest BCUT2D eigenvalue weighted by molar-refractivity contribution is 0.0659. The fourth-order valence-corrected chi connectivity index (χ4v) is 1.92. The number of hydrogen-bond acceptors (Lipinski definition) is 4. The number of hydrogen-bond donors (Lipinski definition) is 2. The zero-order valence-corrected chi connectivity index (χ0v) is 10.0. The summed E-state index contributed by atoms with van der Waals surface area (Å²) in [6, 6.07) is 2.59. The molecule has 0 aromatic carbocycles. The number of nitrogens with one attached hydrogen (secondary N) is 1. The molecule has 2 atom stereocenters. The van der Waals surface area contributed by atoms with Crippen molar-refractivity contribution in [1.82, 2.24) is 5.32 Å². The van der Waals surface area contributed by atoms with Crippen LogP contribution in [0, 0.1) is 5.92 Å². The third-order valence-corrected chi connectivity index (χ3v) is 3.07. The molecule has 1 fully saturated rings. The molecule has 0 bridgehead atoms. The van der Waals surface area contributed by atoms with Gasteiger partial charge in [0.25, 0.3) is 5.91 Å². The molecule has 6 heteroatoms. The smallest absolute Gasteiger partial charge is 0.371 e. The van der Waals surface area contributed by atoms with Gasteiger partial charge in [-0.1, -0.05) is 0 Å². The topological polar surface area (TPSA) is 88.8 Å². The lowest BCUT2D eigenvalue weighted by Crippen LogP contribution is -2.38. The normalized spacial score (nSPS) is 20.6. The summed E-state index contributed by atoms with van der Waals surface area (Å²) < 4.78 is 10.2. The van der Waals surface area contributed by atoms with Gasteiger partial charge < -0.3 is 19.6 Å². The molecule has 1 saturated heterocycles. The van der Waals surface area contributed by atoms with Gasteiger partial charge in [-0.3, -0.25) is 4.79 Å². The number of carbonyl (C=O) groups is 2. The zero-order chi connectivity index (χ0) is 13.1. The van der Waals surface area contributed by atoms with E-state index in [1.54, 1.807) is 0 Å². The lowest BCUT2D eigenvalue weighted by Gasteiger charge is -2.18. The molecule has 1 amide bonds. The van der Waals surface area contributed by atoms with Gasteiger partial charge in [0, 0.05) is 18.6 Å². The van der Waals surface area contributed by atoms with E-state index >= 15 is 0 Å². The monoisotopic (exact) mass is 253 g/mol. The second-order valence-electron chi connectivity index (χ2n) is 4.35. The minimum absolute atomic E-state index is 0.0122. The van der Waals surface area contributed by atoms with E-state index in [1.807, 2.05) is 6.92 Å². The van der Waals surface area contributed by atoms with Crippen molar-refractivity contribution in [2.24, 2.45) is 5.92 Å². The van der Waals surface area contributed by atoms with Gasteiger partial charge in [-0.2, -0.15) is 0 Å². The Morgan fingerprint density at radius 2 is 2.17 bits per heavy atom. The van der Waals surface area contributed by atoms with Gasteiger partial charge in [-0.15, -0.1) is 0 Å². The summed E-state index contributed by atoms with van der Waals surface area (Å²) in [7, 11) is 0. The first-order valence-corrected chi connectivity index (χ1v) is 5.79. The molecular weight excluding hydrogens is 238 g/mol. The van der Waals surface area contributed by atoms with Crippen molar-refractivity contribution >= 4 is 11.9 Å². The highest BCUT2D eigenvalue weighted by Crippen LogP contribution is 2.17. The van der Waals surface area contributed by atoms with Crippen LogP contribution in [0.5, 0.6) is 0 Å². The van der Waals surface area contributed by atoms with Gasteiger partial charge in [0.05, 0.1) is 6.61 Å². The Kier molecular flexibility index (Phi) is 3.66. The average Bonchev–Trinajstić information content (AvgIpc) is 3.00. The summed E-state index contributed by atoms with van der Waals surface area (Å²) in [5.74, 6) is -1.52. The van der Waals surface area contributed by atoms with Crippen LogP contribution in [0.3, 0.4) is 0 Å². The number of ether oxygens (including phenoxy) is 1. The number of amides is 1. The van der Waals surface area contributed by atoms with Gasteiger partial charge in [0.2, 0.25) is 5.76 Å². The van der Waals surface area contributed by atoms with Crippen molar-refractivity contribution in [3.05, 3.63) is 23.7 Å². The summed E-state index contributed by atoms with van der Waals surface area (Å²) in [5, 5.41) is 11.5. The van der Waals surface area contributed by atoms with E-state index in [1.165, 1.54) is 12.1 Å². The van der Waals surface area contributed by atoms with Gasteiger partial charge >= 0.3 is 5.97 Å². The number of carboxylic acids is 1. The Morgan fingerprint density at radius 1 is 1.44 bits per heavy atom. The van der Waals surface area contributed by atoms with E-state index in [4.69, 9.17) is 14.3 Å². The highest BCUT2D eigenvalue weighted by Gasteiger charge is 2.25. The molecule has 2 N–H and O–H groups in total. The number of furan rings is 1. The molecule has 0 radical (unpaired) electrons. The van der Waals surface area contributed by atoms with Crippen LogP contribution in [0.1, 0.15) is 34.5 Å². The number of carboxylic acid groups (broad SMARTS) is 1. The molecule has 18 heavy (non-hydrogen) atoms. The van der Waals surface area contributed by atoms with E-state index in [2.05, 4.69) is 5.32 Å². The van der Waals surface area contributed by atoms with Crippen LogP contribution < -0.4 is 5.32 Å². The lowest BCUT2D eigenvalue weighted by atomic mass is 10.0. The van der Waals surface area contributed by atoms with Gasteiger partial charge in [-0.25, -0.2) is 4.79 Å². The first kappa shape index (κ1) is 12.6. The Balaban J connectivity index is 1.95. The van der Waals surface area contributed by atoms with Crippen LogP contribution in [-0.2, 0) is 4.74 Å². The molecule has 0 spiro atoms. The summed E-state index contributed by atoms with van der Waals surface area (Å²) in [6.07, 6.45) is 0.917. The Bertz CT molecular complexity index is 447. The van der Waals surface area contributed by atoms with Crippen LogP contribution in [0.2, 0.25) is 0 Å². The molecule has 1 aromatic heterocycles. The van der Waals surface area contributed by atoms with Gasteiger partial charge in [-0.05, 0) is 25.5 Å². The Hall–Kier alpha value is -1.82. The number of rotatable bonds is 4. The van der Waals surface area contributed by atoms with E-state index in [0.29, 0.717) is 12.5 Å². The molecule has 98 valence electrons. The Morgan fingerprint density at radius 3 is 2.72 bits per heavy atom. The van der Waals surface area contributed by atoms with E-state index < -0.39 is 11.9 Å². The molecule has 1 aliphatic rings. The molecular formula is C12H15NO5. The SMILES string of the molecule is CC(NC(=O)c1ccc(C(=O)O)o1)C1CCOC1. The highest BCUT2D eigenvalue weighted by atomic mass is 16.5. The van der Waals surface area contributed by atoms with Crippen molar-refractivity contribution in [2.45, 2.75) is 19.4 Å². The molecule has 1 aromatic rings. The summed E-state index contributed by atoms with van der Waals surface area (Å²) in [5.41, 5.74) is 0. The molecule has 1 aliphatic heterocycles. The fourth-order valence-electron chi connectivity index (χ4n) is 1.92. The molecule has 2 rings (SSSR count). The van der Waals surface area contributed by atoms with Crippen molar-refractivity contribution in [3.8, 4) is 0 Å². The average molecular weight is 253 g/mol. The van der Waals surface area contributed by atoms with E-state index in [-0.39, 0.29) is 17.6 Å². The largest absolute Gasteiger partial charge is 0.475 e. The third-order valence-electron chi connectivity index (χ3n) is 3.07. The standard InChI is InChI=1S/C12H15NO5/c1-7(8-4-5-17-6-8)13-11(14)9-2-3-10(18-9)12(15)16/h2-3,7-8H,4-6H2,1H3,(H,13,14)(H,15,16). The van der Waals surface area contributed by atoms with Crippen molar-refractivity contribution in [2.75, 3.05) is 13.2 Å². The Labute approximate surface area is 104 Å². The second kappa shape index (κ2) is 5.22. The first-order valence-electron chi connectivity index (χ1n) is 5.79.